The fraction of sp³-hybridized carbons (Fsp3) is 0.167. The summed E-state index contributed by atoms with van der Waals surface area (Å²) >= 11 is 0. The third-order valence-corrected chi connectivity index (χ3v) is 3.20. The van der Waals surface area contributed by atoms with E-state index < -0.39 is 5.97 Å². The highest BCUT2D eigenvalue weighted by Crippen LogP contribution is 2.26. The summed E-state index contributed by atoms with van der Waals surface area (Å²) in [7, 11) is 1.60. The molecule has 0 heterocycles. The molecule has 2 aromatic carbocycles. The van der Waals surface area contributed by atoms with Crippen LogP contribution in [0.1, 0.15) is 22.3 Å². The molecule has 0 amide bonds. The predicted octanol–water partition coefficient (Wildman–Crippen LogP) is 3.83. The smallest absolute Gasteiger partial charge is 0.328 e. The van der Waals surface area contributed by atoms with Crippen LogP contribution in [0.15, 0.2) is 48.5 Å². The first kappa shape index (κ1) is 14.9. The highest BCUT2D eigenvalue weighted by atomic mass is 16.5. The molecule has 1 N–H and O–H groups in total. The summed E-state index contributed by atoms with van der Waals surface area (Å²) in [4.78, 5) is 11.1. The molecular weight excluding hydrogens is 264 g/mol. The van der Waals surface area contributed by atoms with E-state index in [4.69, 9.17) is 9.84 Å². The van der Waals surface area contributed by atoms with Gasteiger partial charge in [-0.05, 0) is 42.7 Å². The maximum atomic E-state index is 11.1. The molecule has 2 rings (SSSR count). The number of aliphatic carboxylic acids is 1. The number of hydrogen-bond acceptors (Lipinski definition) is 2. The molecule has 0 fully saturated rings. The second kappa shape index (κ2) is 6.27. The van der Waals surface area contributed by atoms with Gasteiger partial charge in [-0.15, -0.1) is 0 Å². The van der Waals surface area contributed by atoms with Gasteiger partial charge in [-0.25, -0.2) is 4.79 Å². The first-order valence-corrected chi connectivity index (χ1v) is 6.67. The van der Waals surface area contributed by atoms with Gasteiger partial charge in [-0.1, -0.05) is 41.5 Å². The molecule has 0 spiro atoms. The van der Waals surface area contributed by atoms with Crippen molar-refractivity contribution in [2.75, 3.05) is 7.11 Å². The van der Waals surface area contributed by atoms with Crippen LogP contribution in [0.3, 0.4) is 0 Å². The van der Waals surface area contributed by atoms with E-state index in [-0.39, 0.29) is 0 Å². The summed E-state index contributed by atoms with van der Waals surface area (Å²) < 4.78 is 5.14. The van der Waals surface area contributed by atoms with Crippen molar-refractivity contribution in [2.24, 2.45) is 0 Å². The number of aryl methyl sites for hydroxylation is 2. The van der Waals surface area contributed by atoms with Crippen LogP contribution in [-0.4, -0.2) is 18.2 Å². The molecule has 0 aromatic heterocycles. The first-order chi connectivity index (χ1) is 9.99. The molecule has 3 heteroatoms. The van der Waals surface area contributed by atoms with Gasteiger partial charge in [0.15, 0.2) is 0 Å². The van der Waals surface area contributed by atoms with Crippen LogP contribution in [0, 0.1) is 13.8 Å². The van der Waals surface area contributed by atoms with Gasteiger partial charge in [0.2, 0.25) is 0 Å². The Bertz CT molecular complexity index is 662. The number of benzene rings is 2. The summed E-state index contributed by atoms with van der Waals surface area (Å²) in [5.74, 6) is -0.214. The van der Waals surface area contributed by atoms with Crippen LogP contribution in [0.4, 0.5) is 0 Å². The molecule has 3 nitrogen and oxygen atoms in total. The third kappa shape index (κ3) is 3.72. The van der Waals surface area contributed by atoms with Gasteiger partial charge in [-0.3, -0.25) is 0 Å². The molecule has 0 aliphatic carbocycles. The van der Waals surface area contributed by atoms with Crippen molar-refractivity contribution >= 4 is 11.5 Å². The highest BCUT2D eigenvalue weighted by Gasteiger charge is 2.09. The maximum Gasteiger partial charge on any atom is 0.328 e. The van der Waals surface area contributed by atoms with E-state index in [9.17, 15) is 4.79 Å². The average Bonchev–Trinajstić information content (AvgIpc) is 2.43. The van der Waals surface area contributed by atoms with Crippen molar-refractivity contribution in [3.8, 4) is 5.75 Å². The van der Waals surface area contributed by atoms with E-state index in [1.165, 1.54) is 6.08 Å². The molecule has 0 aliphatic rings. The topological polar surface area (TPSA) is 46.5 Å². The quantitative estimate of drug-likeness (QED) is 0.867. The third-order valence-electron chi connectivity index (χ3n) is 3.20. The minimum absolute atomic E-state index is 0.692. The Kier molecular flexibility index (Phi) is 4.43. The molecule has 2 aromatic rings. The number of carboxylic acid groups (broad SMARTS) is 1. The Morgan fingerprint density at radius 3 is 2.05 bits per heavy atom. The predicted molar refractivity (Wildman–Crippen MR) is 83.6 cm³/mol. The van der Waals surface area contributed by atoms with Crippen molar-refractivity contribution in [2.45, 2.75) is 13.8 Å². The van der Waals surface area contributed by atoms with E-state index >= 15 is 0 Å². The standard InChI is InChI=1S/C18H18O3/c1-12-8-13(2)10-15(9-12)17(11-18(19)20)14-4-6-16(21-3)7-5-14/h4-11H,1-3H3,(H,19,20). The van der Waals surface area contributed by atoms with Crippen LogP contribution in [0.2, 0.25) is 0 Å². The maximum absolute atomic E-state index is 11.1. The molecule has 0 bridgehead atoms. The number of ether oxygens (including phenoxy) is 1. The van der Waals surface area contributed by atoms with E-state index in [1.807, 2.05) is 50.2 Å². The van der Waals surface area contributed by atoms with Crippen LogP contribution < -0.4 is 4.74 Å². The normalized spacial score (nSPS) is 11.3. The number of carbonyl (C=O) groups is 1. The first-order valence-electron chi connectivity index (χ1n) is 6.67. The lowest BCUT2D eigenvalue weighted by Gasteiger charge is -2.11. The zero-order valence-electron chi connectivity index (χ0n) is 12.4. The lowest BCUT2D eigenvalue weighted by atomic mass is 9.94. The summed E-state index contributed by atoms with van der Waals surface area (Å²) in [6.45, 7) is 4.01. The van der Waals surface area contributed by atoms with Gasteiger partial charge >= 0.3 is 5.97 Å². The Morgan fingerprint density at radius 1 is 1.00 bits per heavy atom. The van der Waals surface area contributed by atoms with Gasteiger partial charge in [0.1, 0.15) is 5.75 Å². The summed E-state index contributed by atoms with van der Waals surface area (Å²) in [5.41, 5.74) is 4.66. The Labute approximate surface area is 124 Å². The van der Waals surface area contributed by atoms with Gasteiger partial charge in [0.05, 0.1) is 7.11 Å². The van der Waals surface area contributed by atoms with Crippen LogP contribution in [0.25, 0.3) is 5.57 Å². The Balaban J connectivity index is 2.55. The largest absolute Gasteiger partial charge is 0.497 e. The van der Waals surface area contributed by atoms with Gasteiger partial charge in [-0.2, -0.15) is 0 Å². The molecule has 108 valence electrons. The van der Waals surface area contributed by atoms with Crippen LogP contribution in [-0.2, 0) is 4.79 Å². The lowest BCUT2D eigenvalue weighted by molar-refractivity contribution is -0.131. The van der Waals surface area contributed by atoms with Gasteiger partial charge < -0.3 is 9.84 Å². The van der Waals surface area contributed by atoms with E-state index in [0.29, 0.717) is 5.57 Å². The second-order valence-electron chi connectivity index (χ2n) is 5.00. The van der Waals surface area contributed by atoms with Crippen molar-refractivity contribution in [3.05, 3.63) is 70.8 Å². The number of carboxylic acids is 1. The SMILES string of the molecule is COc1ccc(C(=CC(=O)O)c2cc(C)cc(C)c2)cc1. The van der Waals surface area contributed by atoms with E-state index in [2.05, 4.69) is 6.07 Å². The molecule has 0 saturated carbocycles. The molecule has 0 unspecified atom stereocenters. The summed E-state index contributed by atoms with van der Waals surface area (Å²) in [6, 6.07) is 13.4. The summed E-state index contributed by atoms with van der Waals surface area (Å²) in [6.07, 6.45) is 1.25. The second-order valence-corrected chi connectivity index (χ2v) is 5.00. The summed E-state index contributed by atoms with van der Waals surface area (Å²) in [5, 5.41) is 9.14. The van der Waals surface area contributed by atoms with E-state index in [0.717, 1.165) is 28.0 Å². The van der Waals surface area contributed by atoms with Crippen molar-refractivity contribution in [1.29, 1.82) is 0 Å². The zero-order valence-corrected chi connectivity index (χ0v) is 12.4. The molecule has 21 heavy (non-hydrogen) atoms. The molecule has 0 saturated heterocycles. The number of methoxy groups -OCH3 is 1. The van der Waals surface area contributed by atoms with Crippen molar-refractivity contribution in [3.63, 3.8) is 0 Å². The fourth-order valence-corrected chi connectivity index (χ4v) is 2.36. The van der Waals surface area contributed by atoms with Gasteiger partial charge in [0, 0.05) is 6.08 Å². The lowest BCUT2D eigenvalue weighted by Crippen LogP contribution is -1.96. The average molecular weight is 282 g/mol. The number of rotatable bonds is 4. The van der Waals surface area contributed by atoms with Crippen molar-refractivity contribution < 1.29 is 14.6 Å². The van der Waals surface area contributed by atoms with Crippen molar-refractivity contribution in [1.82, 2.24) is 0 Å². The molecule has 0 atom stereocenters. The molecular formula is C18H18O3. The monoisotopic (exact) mass is 282 g/mol. The van der Waals surface area contributed by atoms with Crippen LogP contribution in [0.5, 0.6) is 5.75 Å². The minimum Gasteiger partial charge on any atom is -0.497 e. The fourth-order valence-electron chi connectivity index (χ4n) is 2.36. The van der Waals surface area contributed by atoms with E-state index in [1.54, 1.807) is 7.11 Å². The Morgan fingerprint density at radius 2 is 1.57 bits per heavy atom. The Hall–Kier alpha value is -2.55. The van der Waals surface area contributed by atoms with Crippen LogP contribution >= 0.6 is 0 Å². The molecule has 0 radical (unpaired) electrons. The molecule has 0 aliphatic heterocycles. The minimum atomic E-state index is -0.958. The van der Waals surface area contributed by atoms with Gasteiger partial charge in [0.25, 0.3) is 0 Å². The zero-order chi connectivity index (χ0) is 15.4. The number of hydrogen-bond donors (Lipinski definition) is 1. The highest BCUT2D eigenvalue weighted by molar-refractivity contribution is 5.95.